The summed E-state index contributed by atoms with van der Waals surface area (Å²) in [6.07, 6.45) is 9.60. The number of hydrogen-bond acceptors (Lipinski definition) is 3. The molecule has 0 radical (unpaired) electrons. The van der Waals surface area contributed by atoms with Crippen LogP contribution in [0.3, 0.4) is 0 Å². The summed E-state index contributed by atoms with van der Waals surface area (Å²) in [6, 6.07) is 10.1. The maximum absolute atomic E-state index is 12.3. The molecule has 0 spiro atoms. The number of fused-ring (bicyclic) bond motifs is 1. The predicted octanol–water partition coefficient (Wildman–Crippen LogP) is 4.29. The molecule has 5 heteroatoms. The van der Waals surface area contributed by atoms with Gasteiger partial charge in [-0.2, -0.15) is 5.10 Å². The van der Waals surface area contributed by atoms with E-state index >= 15 is 0 Å². The van der Waals surface area contributed by atoms with E-state index in [1.807, 2.05) is 16.9 Å². The molecule has 0 saturated heterocycles. The maximum Gasteiger partial charge on any atom is 0.244 e. The van der Waals surface area contributed by atoms with Crippen molar-refractivity contribution in [2.75, 3.05) is 0 Å². The molecule has 1 atom stereocenters. The number of benzene rings is 1. The Morgan fingerprint density at radius 3 is 2.85 bits per heavy atom. The summed E-state index contributed by atoms with van der Waals surface area (Å²) in [4.78, 5) is 12.3. The SMILES string of the molecule is Cc1cc(C)cc(-n2ncc3c2CCCC3NC(=O)/C=C/c2ccco2)c1. The molecule has 1 aliphatic rings. The Kier molecular flexibility index (Phi) is 4.67. The predicted molar refractivity (Wildman–Crippen MR) is 105 cm³/mol. The van der Waals surface area contributed by atoms with Gasteiger partial charge in [-0.3, -0.25) is 4.79 Å². The van der Waals surface area contributed by atoms with Crippen molar-refractivity contribution in [2.24, 2.45) is 0 Å². The Bertz CT molecular complexity index is 963. The quantitative estimate of drug-likeness (QED) is 0.705. The van der Waals surface area contributed by atoms with E-state index in [1.165, 1.54) is 22.9 Å². The number of aryl methyl sites for hydroxylation is 2. The average molecular weight is 361 g/mol. The standard InChI is InChI=1S/C22H23N3O2/c1-15-11-16(2)13-17(12-15)25-21-7-3-6-20(19(21)14-23-25)24-22(26)9-8-18-5-4-10-27-18/h4-5,8-14,20H,3,6-7H2,1-2H3,(H,24,26)/b9-8+. The van der Waals surface area contributed by atoms with Gasteiger partial charge < -0.3 is 9.73 Å². The van der Waals surface area contributed by atoms with E-state index < -0.39 is 0 Å². The molecule has 1 amide bonds. The van der Waals surface area contributed by atoms with Gasteiger partial charge in [0.15, 0.2) is 0 Å². The van der Waals surface area contributed by atoms with Crippen LogP contribution in [0.4, 0.5) is 0 Å². The fourth-order valence-corrected chi connectivity index (χ4v) is 3.77. The van der Waals surface area contributed by atoms with Crippen LogP contribution in [-0.4, -0.2) is 15.7 Å². The third kappa shape index (κ3) is 3.72. The van der Waals surface area contributed by atoms with E-state index in [-0.39, 0.29) is 11.9 Å². The molecule has 0 fully saturated rings. The van der Waals surface area contributed by atoms with Crippen molar-refractivity contribution in [3.63, 3.8) is 0 Å². The highest BCUT2D eigenvalue weighted by Gasteiger charge is 2.25. The van der Waals surface area contributed by atoms with Crippen molar-refractivity contribution in [1.29, 1.82) is 0 Å². The Morgan fingerprint density at radius 2 is 2.11 bits per heavy atom. The molecular weight excluding hydrogens is 338 g/mol. The third-order valence-electron chi connectivity index (χ3n) is 4.89. The normalized spacial score (nSPS) is 16.4. The largest absolute Gasteiger partial charge is 0.465 e. The van der Waals surface area contributed by atoms with Crippen LogP contribution in [0.5, 0.6) is 0 Å². The van der Waals surface area contributed by atoms with Gasteiger partial charge >= 0.3 is 0 Å². The smallest absolute Gasteiger partial charge is 0.244 e. The number of carbonyl (C=O) groups is 1. The van der Waals surface area contributed by atoms with E-state index in [0.29, 0.717) is 5.76 Å². The van der Waals surface area contributed by atoms with Crippen molar-refractivity contribution < 1.29 is 9.21 Å². The molecule has 2 aromatic heterocycles. The fourth-order valence-electron chi connectivity index (χ4n) is 3.77. The molecule has 3 aromatic rings. The fraction of sp³-hybridized carbons (Fsp3) is 0.273. The number of nitrogens with zero attached hydrogens (tertiary/aromatic N) is 2. The van der Waals surface area contributed by atoms with Crippen molar-refractivity contribution in [3.05, 3.63) is 77.0 Å². The molecule has 4 rings (SSSR count). The average Bonchev–Trinajstić information content (AvgIpc) is 3.29. The van der Waals surface area contributed by atoms with Crippen LogP contribution in [0.1, 0.15) is 47.0 Å². The van der Waals surface area contributed by atoms with Crippen LogP contribution in [-0.2, 0) is 11.2 Å². The molecule has 1 aliphatic carbocycles. The summed E-state index contributed by atoms with van der Waals surface area (Å²) in [5, 5.41) is 7.73. The van der Waals surface area contributed by atoms with E-state index in [2.05, 4.69) is 42.5 Å². The van der Waals surface area contributed by atoms with Crippen LogP contribution in [0.2, 0.25) is 0 Å². The van der Waals surface area contributed by atoms with Crippen molar-refractivity contribution in [2.45, 2.75) is 39.2 Å². The lowest BCUT2D eigenvalue weighted by atomic mass is 9.92. The highest BCUT2D eigenvalue weighted by molar-refractivity contribution is 5.91. The first-order valence-corrected chi connectivity index (χ1v) is 9.28. The second kappa shape index (κ2) is 7.27. The molecule has 1 unspecified atom stereocenters. The first kappa shape index (κ1) is 17.3. The van der Waals surface area contributed by atoms with Crippen LogP contribution in [0, 0.1) is 13.8 Å². The van der Waals surface area contributed by atoms with Gasteiger partial charge in [-0.25, -0.2) is 4.68 Å². The summed E-state index contributed by atoms with van der Waals surface area (Å²) in [5.41, 5.74) is 5.82. The Labute approximate surface area is 158 Å². The van der Waals surface area contributed by atoms with Gasteiger partial charge in [0.05, 0.1) is 24.2 Å². The van der Waals surface area contributed by atoms with Gasteiger partial charge in [-0.05, 0) is 74.6 Å². The lowest BCUT2D eigenvalue weighted by molar-refractivity contribution is -0.117. The Hall–Kier alpha value is -3.08. The first-order valence-electron chi connectivity index (χ1n) is 9.28. The highest BCUT2D eigenvalue weighted by Crippen LogP contribution is 2.31. The summed E-state index contributed by atoms with van der Waals surface area (Å²) in [5.74, 6) is 0.542. The zero-order valence-electron chi connectivity index (χ0n) is 15.6. The minimum atomic E-state index is -0.122. The zero-order valence-corrected chi connectivity index (χ0v) is 15.6. The number of furan rings is 1. The minimum absolute atomic E-state index is 0.0119. The molecule has 0 aliphatic heterocycles. The number of nitrogens with one attached hydrogen (secondary N) is 1. The van der Waals surface area contributed by atoms with Gasteiger partial charge in [0.2, 0.25) is 5.91 Å². The molecule has 2 heterocycles. The molecule has 138 valence electrons. The van der Waals surface area contributed by atoms with Gasteiger partial charge in [0, 0.05) is 17.3 Å². The highest BCUT2D eigenvalue weighted by atomic mass is 16.3. The van der Waals surface area contributed by atoms with Crippen LogP contribution in [0.15, 0.2) is 53.3 Å². The topological polar surface area (TPSA) is 60.1 Å². The number of aromatic nitrogens is 2. The number of carbonyl (C=O) groups excluding carboxylic acids is 1. The van der Waals surface area contributed by atoms with Crippen LogP contribution >= 0.6 is 0 Å². The summed E-state index contributed by atoms with van der Waals surface area (Å²) >= 11 is 0. The zero-order chi connectivity index (χ0) is 18.8. The molecule has 27 heavy (non-hydrogen) atoms. The maximum atomic E-state index is 12.3. The molecular formula is C22H23N3O2. The van der Waals surface area contributed by atoms with E-state index in [4.69, 9.17) is 4.42 Å². The number of amides is 1. The molecule has 5 nitrogen and oxygen atoms in total. The van der Waals surface area contributed by atoms with Crippen molar-refractivity contribution >= 4 is 12.0 Å². The van der Waals surface area contributed by atoms with Crippen molar-refractivity contribution in [3.8, 4) is 5.69 Å². The van der Waals surface area contributed by atoms with Gasteiger partial charge in [0.1, 0.15) is 5.76 Å². The van der Waals surface area contributed by atoms with Crippen LogP contribution in [0.25, 0.3) is 11.8 Å². The van der Waals surface area contributed by atoms with Gasteiger partial charge in [0.25, 0.3) is 0 Å². The Balaban J connectivity index is 1.55. The second-order valence-corrected chi connectivity index (χ2v) is 7.11. The van der Waals surface area contributed by atoms with Crippen LogP contribution < -0.4 is 5.32 Å². The second-order valence-electron chi connectivity index (χ2n) is 7.11. The lowest BCUT2D eigenvalue weighted by Crippen LogP contribution is -2.29. The monoisotopic (exact) mass is 361 g/mol. The van der Waals surface area contributed by atoms with Gasteiger partial charge in [-0.15, -0.1) is 0 Å². The van der Waals surface area contributed by atoms with Crippen molar-refractivity contribution in [1.82, 2.24) is 15.1 Å². The minimum Gasteiger partial charge on any atom is -0.465 e. The third-order valence-corrected chi connectivity index (χ3v) is 4.89. The molecule has 1 N–H and O–H groups in total. The summed E-state index contributed by atoms with van der Waals surface area (Å²) in [7, 11) is 0. The lowest BCUT2D eigenvalue weighted by Gasteiger charge is -2.24. The molecule has 1 aromatic carbocycles. The number of rotatable bonds is 4. The van der Waals surface area contributed by atoms with Gasteiger partial charge in [-0.1, -0.05) is 6.07 Å². The van der Waals surface area contributed by atoms with E-state index in [1.54, 1.807) is 18.4 Å². The summed E-state index contributed by atoms with van der Waals surface area (Å²) < 4.78 is 7.24. The summed E-state index contributed by atoms with van der Waals surface area (Å²) in [6.45, 7) is 4.20. The number of hydrogen-bond donors (Lipinski definition) is 1. The van der Waals surface area contributed by atoms with E-state index in [0.717, 1.165) is 30.5 Å². The molecule has 0 saturated carbocycles. The first-order chi connectivity index (χ1) is 13.1. The molecule has 0 bridgehead atoms. The Morgan fingerprint density at radius 1 is 1.30 bits per heavy atom. The van der Waals surface area contributed by atoms with E-state index in [9.17, 15) is 4.79 Å².